The number of carbonyl (C=O) groups is 4. The first-order valence-corrected chi connectivity index (χ1v) is 11.1. The highest BCUT2D eigenvalue weighted by Gasteiger charge is 2.48. The van der Waals surface area contributed by atoms with Crippen molar-refractivity contribution in [3.63, 3.8) is 0 Å². The number of ether oxygens (including phenoxy) is 1. The van der Waals surface area contributed by atoms with Gasteiger partial charge in [-0.2, -0.15) is 0 Å². The number of allylic oxidation sites excluding steroid dienone is 2. The van der Waals surface area contributed by atoms with Crippen molar-refractivity contribution in [2.75, 3.05) is 16.3 Å². The lowest BCUT2D eigenvalue weighted by molar-refractivity contribution is -0.139. The molecule has 2 aromatic carbocycles. The molecule has 33 heavy (non-hydrogen) atoms. The molecular formula is C26H24N2O5. The van der Waals surface area contributed by atoms with Crippen LogP contribution in [0, 0.1) is 24.7 Å². The first-order chi connectivity index (χ1) is 15.9. The van der Waals surface area contributed by atoms with Crippen molar-refractivity contribution in [2.24, 2.45) is 17.8 Å². The van der Waals surface area contributed by atoms with E-state index >= 15 is 0 Å². The third-order valence-electron chi connectivity index (χ3n) is 6.57. The number of esters is 1. The molecule has 0 N–H and O–H groups in total. The monoisotopic (exact) mass is 444 g/mol. The number of benzene rings is 2. The summed E-state index contributed by atoms with van der Waals surface area (Å²) in [4.78, 5) is 53.8. The molecule has 2 heterocycles. The number of imide groups is 1. The van der Waals surface area contributed by atoms with E-state index in [1.165, 1.54) is 11.0 Å². The SMILES string of the molecule is Cc1cccc(N2C[C@H](C(=O)Oc3cccc(N4C(=O)[C@@H]5CC=CC[C@H]5C4=O)c3)CC2=O)c1. The Morgan fingerprint density at radius 3 is 2.27 bits per heavy atom. The average molecular weight is 444 g/mol. The predicted molar refractivity (Wildman–Crippen MR) is 122 cm³/mol. The van der Waals surface area contributed by atoms with Crippen LogP contribution in [0.15, 0.2) is 60.7 Å². The summed E-state index contributed by atoms with van der Waals surface area (Å²) < 4.78 is 5.56. The Balaban J connectivity index is 1.29. The Bertz CT molecular complexity index is 1160. The fourth-order valence-electron chi connectivity index (χ4n) is 4.85. The van der Waals surface area contributed by atoms with Gasteiger partial charge in [-0.15, -0.1) is 0 Å². The molecule has 2 fully saturated rings. The highest BCUT2D eigenvalue weighted by molar-refractivity contribution is 6.22. The summed E-state index contributed by atoms with van der Waals surface area (Å²) in [5, 5.41) is 0. The molecule has 7 nitrogen and oxygen atoms in total. The smallest absolute Gasteiger partial charge is 0.316 e. The van der Waals surface area contributed by atoms with E-state index in [0.717, 1.165) is 11.3 Å². The van der Waals surface area contributed by atoms with Crippen molar-refractivity contribution in [1.29, 1.82) is 0 Å². The lowest BCUT2D eigenvalue weighted by atomic mass is 9.85. The molecule has 7 heteroatoms. The van der Waals surface area contributed by atoms with Gasteiger partial charge in [0.1, 0.15) is 5.75 Å². The molecule has 5 rings (SSSR count). The standard InChI is InChI=1S/C26H24N2O5/c1-16-6-4-7-18(12-16)27-15-17(13-23(27)29)26(32)33-20-9-5-8-19(14-20)28-24(30)21-10-2-3-11-22(21)25(28)31/h2-9,12,14,17,21-22H,10-11,13,15H2,1H3/t17-,21-,22-/m1/s1. The second kappa shape index (κ2) is 8.31. The molecule has 0 unspecified atom stereocenters. The highest BCUT2D eigenvalue weighted by Crippen LogP contribution is 2.38. The van der Waals surface area contributed by atoms with Gasteiger partial charge in [0.25, 0.3) is 0 Å². The molecule has 2 aromatic rings. The summed E-state index contributed by atoms with van der Waals surface area (Å²) >= 11 is 0. The Labute approximate surface area is 191 Å². The largest absolute Gasteiger partial charge is 0.426 e. The quantitative estimate of drug-likeness (QED) is 0.312. The number of hydrogen-bond donors (Lipinski definition) is 0. The van der Waals surface area contributed by atoms with Crippen molar-refractivity contribution in [3.05, 3.63) is 66.2 Å². The van der Waals surface area contributed by atoms with Crippen LogP contribution in [-0.4, -0.2) is 30.2 Å². The lowest BCUT2D eigenvalue weighted by Gasteiger charge is -2.17. The number of carbonyl (C=O) groups excluding carboxylic acids is 4. The second-order valence-corrected chi connectivity index (χ2v) is 8.83. The molecule has 0 radical (unpaired) electrons. The van der Waals surface area contributed by atoms with E-state index in [0.29, 0.717) is 18.5 Å². The van der Waals surface area contributed by atoms with Crippen molar-refractivity contribution in [2.45, 2.75) is 26.2 Å². The minimum absolute atomic E-state index is 0.0753. The Hall–Kier alpha value is -3.74. The molecule has 3 amide bonds. The van der Waals surface area contributed by atoms with Gasteiger partial charge in [-0.25, -0.2) is 4.90 Å². The van der Waals surface area contributed by atoms with E-state index in [9.17, 15) is 19.2 Å². The molecule has 0 bridgehead atoms. The van der Waals surface area contributed by atoms with Crippen LogP contribution in [-0.2, 0) is 19.2 Å². The molecule has 168 valence electrons. The van der Waals surface area contributed by atoms with Crippen molar-refractivity contribution < 1.29 is 23.9 Å². The van der Waals surface area contributed by atoms with Crippen LogP contribution in [0.25, 0.3) is 0 Å². The fourth-order valence-corrected chi connectivity index (χ4v) is 4.85. The topological polar surface area (TPSA) is 84.0 Å². The zero-order valence-electron chi connectivity index (χ0n) is 18.3. The zero-order valence-corrected chi connectivity index (χ0v) is 18.3. The highest BCUT2D eigenvalue weighted by atomic mass is 16.5. The number of nitrogens with zero attached hydrogens (tertiary/aromatic N) is 2. The van der Waals surface area contributed by atoms with Gasteiger partial charge in [-0.3, -0.25) is 19.2 Å². The predicted octanol–water partition coefficient (Wildman–Crippen LogP) is 3.41. The normalized spacial score (nSPS) is 24.4. The fraction of sp³-hybridized carbons (Fsp3) is 0.308. The van der Waals surface area contributed by atoms with Gasteiger partial charge >= 0.3 is 5.97 Å². The summed E-state index contributed by atoms with van der Waals surface area (Å²) in [5.74, 6) is -2.07. The van der Waals surface area contributed by atoms with E-state index in [4.69, 9.17) is 4.74 Å². The van der Waals surface area contributed by atoms with Gasteiger partial charge in [-0.05, 0) is 49.6 Å². The van der Waals surface area contributed by atoms with E-state index in [2.05, 4.69) is 0 Å². The van der Waals surface area contributed by atoms with Gasteiger partial charge in [0.05, 0.1) is 23.4 Å². The minimum atomic E-state index is -0.592. The maximum Gasteiger partial charge on any atom is 0.316 e. The molecule has 2 saturated heterocycles. The third-order valence-corrected chi connectivity index (χ3v) is 6.57. The summed E-state index contributed by atoms with van der Waals surface area (Å²) in [7, 11) is 0. The molecular weight excluding hydrogens is 420 g/mol. The van der Waals surface area contributed by atoms with Gasteiger partial charge in [0.15, 0.2) is 0 Å². The number of fused-ring (bicyclic) bond motifs is 1. The molecule has 0 aromatic heterocycles. The third kappa shape index (κ3) is 3.84. The van der Waals surface area contributed by atoms with Gasteiger partial charge in [-0.1, -0.05) is 30.4 Å². The number of hydrogen-bond acceptors (Lipinski definition) is 5. The molecule has 0 spiro atoms. The van der Waals surface area contributed by atoms with Gasteiger partial charge < -0.3 is 9.64 Å². The van der Waals surface area contributed by atoms with E-state index in [1.807, 2.05) is 43.3 Å². The average Bonchev–Trinajstić information content (AvgIpc) is 3.32. The van der Waals surface area contributed by atoms with Crippen LogP contribution >= 0.6 is 0 Å². The van der Waals surface area contributed by atoms with Crippen LogP contribution in [0.3, 0.4) is 0 Å². The van der Waals surface area contributed by atoms with E-state index in [1.54, 1.807) is 23.1 Å². The van der Waals surface area contributed by atoms with Crippen LogP contribution in [0.1, 0.15) is 24.8 Å². The first kappa shape index (κ1) is 21.1. The lowest BCUT2D eigenvalue weighted by Crippen LogP contribution is -2.31. The number of anilines is 2. The first-order valence-electron chi connectivity index (χ1n) is 11.1. The van der Waals surface area contributed by atoms with Crippen LogP contribution in [0.4, 0.5) is 11.4 Å². The Morgan fingerprint density at radius 1 is 0.909 bits per heavy atom. The van der Waals surface area contributed by atoms with Crippen molar-refractivity contribution >= 4 is 35.1 Å². The maximum atomic E-state index is 12.8. The van der Waals surface area contributed by atoms with Gasteiger partial charge in [0.2, 0.25) is 17.7 Å². The van der Waals surface area contributed by atoms with E-state index in [-0.39, 0.29) is 48.3 Å². The number of aryl methyl sites for hydroxylation is 1. The molecule has 3 atom stereocenters. The van der Waals surface area contributed by atoms with Crippen molar-refractivity contribution in [3.8, 4) is 5.75 Å². The summed E-state index contributed by atoms with van der Waals surface area (Å²) in [6.07, 6.45) is 5.08. The summed E-state index contributed by atoms with van der Waals surface area (Å²) in [6.45, 7) is 2.20. The van der Waals surface area contributed by atoms with Crippen molar-refractivity contribution in [1.82, 2.24) is 0 Å². The summed E-state index contributed by atoms with van der Waals surface area (Å²) in [6, 6.07) is 14.0. The number of amides is 3. The zero-order chi connectivity index (χ0) is 23.1. The number of rotatable bonds is 4. The molecule has 0 saturated carbocycles. The second-order valence-electron chi connectivity index (χ2n) is 8.83. The summed E-state index contributed by atoms with van der Waals surface area (Å²) in [5.41, 5.74) is 2.19. The molecule has 1 aliphatic carbocycles. The van der Waals surface area contributed by atoms with Crippen LogP contribution in [0.2, 0.25) is 0 Å². The molecule has 3 aliphatic rings. The Morgan fingerprint density at radius 2 is 1.58 bits per heavy atom. The van der Waals surface area contributed by atoms with Gasteiger partial charge in [0, 0.05) is 24.7 Å². The molecule has 2 aliphatic heterocycles. The van der Waals surface area contributed by atoms with E-state index < -0.39 is 11.9 Å². The Kier molecular flexibility index (Phi) is 5.32. The maximum absolute atomic E-state index is 12.8. The van der Waals surface area contributed by atoms with Crippen LogP contribution < -0.4 is 14.5 Å². The van der Waals surface area contributed by atoms with Crippen LogP contribution in [0.5, 0.6) is 5.75 Å². The minimum Gasteiger partial charge on any atom is -0.426 e.